The van der Waals surface area contributed by atoms with Crippen LogP contribution in [0.3, 0.4) is 0 Å². The Morgan fingerprint density at radius 3 is 2.44 bits per heavy atom. The van der Waals surface area contributed by atoms with E-state index in [1.165, 1.54) is 6.07 Å². The van der Waals surface area contributed by atoms with Crippen molar-refractivity contribution < 1.29 is 13.2 Å². The first-order chi connectivity index (χ1) is 12.5. The van der Waals surface area contributed by atoms with E-state index in [1.807, 2.05) is 39.0 Å². The van der Waals surface area contributed by atoms with Gasteiger partial charge < -0.3 is 5.32 Å². The number of hydrogen-bond acceptors (Lipinski definition) is 3. The SMILES string of the molecule is Cc1ccc(C(C)NC(=O)CN(c2cccc(Cl)c2Cl)S(C)(=O)=O)c(C)c1. The summed E-state index contributed by atoms with van der Waals surface area (Å²) < 4.78 is 25.4. The number of halogens is 2. The molecule has 0 saturated carbocycles. The van der Waals surface area contributed by atoms with E-state index in [9.17, 15) is 13.2 Å². The minimum atomic E-state index is -3.74. The van der Waals surface area contributed by atoms with Crippen LogP contribution in [0.15, 0.2) is 36.4 Å². The highest BCUT2D eigenvalue weighted by Crippen LogP contribution is 2.33. The number of amides is 1. The molecule has 2 aromatic rings. The monoisotopic (exact) mass is 428 g/mol. The van der Waals surface area contributed by atoms with Gasteiger partial charge in [-0.25, -0.2) is 8.42 Å². The van der Waals surface area contributed by atoms with Gasteiger partial charge in [-0.3, -0.25) is 9.10 Å². The number of sulfonamides is 1. The van der Waals surface area contributed by atoms with Crippen LogP contribution in [0.2, 0.25) is 10.0 Å². The Labute approximate surface area is 170 Å². The molecule has 0 heterocycles. The molecule has 1 unspecified atom stereocenters. The summed E-state index contributed by atoms with van der Waals surface area (Å²) in [5.74, 6) is -0.441. The molecule has 0 spiro atoms. The highest BCUT2D eigenvalue weighted by Gasteiger charge is 2.24. The Morgan fingerprint density at radius 1 is 1.19 bits per heavy atom. The number of carbonyl (C=O) groups is 1. The van der Waals surface area contributed by atoms with E-state index >= 15 is 0 Å². The highest BCUT2D eigenvalue weighted by atomic mass is 35.5. The molecule has 5 nitrogen and oxygen atoms in total. The number of hydrogen-bond donors (Lipinski definition) is 1. The van der Waals surface area contributed by atoms with Gasteiger partial charge in [0, 0.05) is 0 Å². The summed E-state index contributed by atoms with van der Waals surface area (Å²) in [7, 11) is -3.74. The van der Waals surface area contributed by atoms with E-state index < -0.39 is 22.5 Å². The van der Waals surface area contributed by atoms with Gasteiger partial charge in [-0.1, -0.05) is 53.0 Å². The third kappa shape index (κ3) is 5.37. The molecule has 0 saturated heterocycles. The zero-order chi connectivity index (χ0) is 20.4. The molecule has 1 atom stereocenters. The molecule has 1 amide bonds. The average Bonchev–Trinajstić information content (AvgIpc) is 2.54. The molecule has 0 radical (unpaired) electrons. The first kappa shape index (κ1) is 21.5. The van der Waals surface area contributed by atoms with Crippen molar-refractivity contribution in [1.82, 2.24) is 5.32 Å². The minimum Gasteiger partial charge on any atom is -0.348 e. The fraction of sp³-hybridized carbons (Fsp3) is 0.316. The van der Waals surface area contributed by atoms with Crippen LogP contribution in [-0.4, -0.2) is 27.1 Å². The number of nitrogens with zero attached hydrogens (tertiary/aromatic N) is 1. The van der Waals surface area contributed by atoms with Gasteiger partial charge in [-0.2, -0.15) is 0 Å². The van der Waals surface area contributed by atoms with Crippen molar-refractivity contribution in [2.45, 2.75) is 26.8 Å². The average molecular weight is 429 g/mol. The fourth-order valence-corrected chi connectivity index (χ4v) is 4.18. The molecular formula is C19H22Cl2N2O3S. The number of anilines is 1. The molecule has 2 rings (SSSR count). The van der Waals surface area contributed by atoms with E-state index in [2.05, 4.69) is 5.32 Å². The van der Waals surface area contributed by atoms with Crippen LogP contribution < -0.4 is 9.62 Å². The lowest BCUT2D eigenvalue weighted by Crippen LogP contribution is -2.41. The Kier molecular flexibility index (Phi) is 6.78. The van der Waals surface area contributed by atoms with E-state index in [0.717, 1.165) is 27.3 Å². The van der Waals surface area contributed by atoms with E-state index in [0.29, 0.717) is 0 Å². The molecule has 0 aliphatic heterocycles. The minimum absolute atomic E-state index is 0.0832. The quantitative estimate of drug-likeness (QED) is 0.747. The van der Waals surface area contributed by atoms with Gasteiger partial charge in [0.05, 0.1) is 28.0 Å². The van der Waals surface area contributed by atoms with Crippen molar-refractivity contribution in [3.05, 3.63) is 63.1 Å². The van der Waals surface area contributed by atoms with Gasteiger partial charge in [-0.15, -0.1) is 0 Å². The molecule has 0 aromatic heterocycles. The second kappa shape index (κ2) is 8.50. The van der Waals surface area contributed by atoms with Crippen molar-refractivity contribution in [3.63, 3.8) is 0 Å². The molecule has 0 fully saturated rings. The highest BCUT2D eigenvalue weighted by molar-refractivity contribution is 7.92. The number of rotatable bonds is 6. The van der Waals surface area contributed by atoms with Gasteiger partial charge >= 0.3 is 0 Å². The fourth-order valence-electron chi connectivity index (χ4n) is 2.87. The standard InChI is InChI=1S/C19H22Cl2N2O3S/c1-12-8-9-15(13(2)10-12)14(3)22-18(24)11-23(27(4,25)26)17-7-5-6-16(20)19(17)21/h5-10,14H,11H2,1-4H3,(H,22,24). The van der Waals surface area contributed by atoms with E-state index in [1.54, 1.807) is 12.1 Å². The Bertz CT molecular complexity index is 961. The first-order valence-corrected chi connectivity index (χ1v) is 10.9. The normalized spacial score (nSPS) is 12.5. The Hall–Kier alpha value is -1.76. The Morgan fingerprint density at radius 2 is 1.85 bits per heavy atom. The van der Waals surface area contributed by atoms with Crippen LogP contribution in [0.5, 0.6) is 0 Å². The molecule has 1 N–H and O–H groups in total. The molecule has 2 aromatic carbocycles. The summed E-state index contributed by atoms with van der Waals surface area (Å²) in [5.41, 5.74) is 3.33. The van der Waals surface area contributed by atoms with Gasteiger partial charge in [0.1, 0.15) is 6.54 Å². The second-order valence-electron chi connectivity index (χ2n) is 6.49. The molecular weight excluding hydrogens is 407 g/mol. The predicted molar refractivity (Wildman–Crippen MR) is 111 cm³/mol. The summed E-state index contributed by atoms with van der Waals surface area (Å²) >= 11 is 12.1. The maximum Gasteiger partial charge on any atom is 0.241 e. The molecule has 0 aliphatic carbocycles. The lowest BCUT2D eigenvalue weighted by molar-refractivity contribution is -0.120. The molecule has 0 bridgehead atoms. The number of aryl methyl sites for hydroxylation is 2. The molecule has 0 aliphatic rings. The topological polar surface area (TPSA) is 66.5 Å². The summed E-state index contributed by atoms with van der Waals surface area (Å²) in [6.07, 6.45) is 1.02. The summed E-state index contributed by atoms with van der Waals surface area (Å²) in [4.78, 5) is 12.5. The third-order valence-electron chi connectivity index (χ3n) is 4.16. The van der Waals surface area contributed by atoms with Crippen LogP contribution in [0, 0.1) is 13.8 Å². The second-order valence-corrected chi connectivity index (χ2v) is 9.18. The summed E-state index contributed by atoms with van der Waals surface area (Å²) in [6, 6.07) is 10.3. The zero-order valence-electron chi connectivity index (χ0n) is 15.6. The third-order valence-corrected chi connectivity index (χ3v) is 6.09. The van der Waals surface area contributed by atoms with Gasteiger partial charge in [0.15, 0.2) is 0 Å². The maximum absolute atomic E-state index is 12.5. The summed E-state index contributed by atoms with van der Waals surface area (Å²) in [6.45, 7) is 5.43. The smallest absolute Gasteiger partial charge is 0.241 e. The van der Waals surface area contributed by atoms with E-state index in [-0.39, 0.29) is 21.8 Å². The molecule has 146 valence electrons. The predicted octanol–water partition coefficient (Wildman–Crippen LogP) is 4.25. The van der Waals surface area contributed by atoms with Crippen molar-refractivity contribution in [3.8, 4) is 0 Å². The lowest BCUT2D eigenvalue weighted by Gasteiger charge is -2.24. The van der Waals surface area contributed by atoms with Gasteiger partial charge in [0.25, 0.3) is 0 Å². The van der Waals surface area contributed by atoms with Crippen LogP contribution in [0.1, 0.15) is 29.7 Å². The largest absolute Gasteiger partial charge is 0.348 e. The van der Waals surface area contributed by atoms with Crippen LogP contribution >= 0.6 is 23.2 Å². The van der Waals surface area contributed by atoms with Crippen molar-refractivity contribution >= 4 is 44.8 Å². The number of nitrogens with one attached hydrogen (secondary N) is 1. The number of carbonyl (C=O) groups excluding carboxylic acids is 1. The first-order valence-electron chi connectivity index (χ1n) is 8.29. The zero-order valence-corrected chi connectivity index (χ0v) is 17.9. The lowest BCUT2D eigenvalue weighted by atomic mass is 10.0. The molecule has 8 heteroatoms. The van der Waals surface area contributed by atoms with Crippen LogP contribution in [0.25, 0.3) is 0 Å². The van der Waals surface area contributed by atoms with Crippen molar-refractivity contribution in [2.24, 2.45) is 0 Å². The van der Waals surface area contributed by atoms with E-state index in [4.69, 9.17) is 23.2 Å². The Balaban J connectivity index is 2.23. The number of benzene rings is 2. The van der Waals surface area contributed by atoms with Gasteiger partial charge in [-0.05, 0) is 44.0 Å². The van der Waals surface area contributed by atoms with Gasteiger partial charge in [0.2, 0.25) is 15.9 Å². The summed E-state index contributed by atoms with van der Waals surface area (Å²) in [5, 5.41) is 3.14. The van der Waals surface area contributed by atoms with Crippen LogP contribution in [0.4, 0.5) is 5.69 Å². The molecule has 27 heavy (non-hydrogen) atoms. The van der Waals surface area contributed by atoms with Crippen LogP contribution in [-0.2, 0) is 14.8 Å². The van der Waals surface area contributed by atoms with Crippen molar-refractivity contribution in [1.29, 1.82) is 0 Å². The van der Waals surface area contributed by atoms with Crippen molar-refractivity contribution in [2.75, 3.05) is 17.1 Å². The maximum atomic E-state index is 12.5.